The molecule has 2 fully saturated rings. The number of nitrogens with one attached hydrogen (secondary N) is 1. The molecule has 2 aliphatic rings. The summed E-state index contributed by atoms with van der Waals surface area (Å²) >= 11 is 0. The van der Waals surface area contributed by atoms with Crippen LogP contribution in [-0.2, 0) is 10.9 Å². The van der Waals surface area contributed by atoms with Crippen LogP contribution < -0.4 is 5.32 Å². The van der Waals surface area contributed by atoms with Crippen molar-refractivity contribution in [3.8, 4) is 0 Å². The first-order valence-electron chi connectivity index (χ1n) is 6.82. The van der Waals surface area contributed by atoms with Crippen LogP contribution in [0, 0.1) is 5.92 Å². The van der Waals surface area contributed by atoms with Crippen molar-refractivity contribution < 1.29 is 17.9 Å². The summed E-state index contributed by atoms with van der Waals surface area (Å²) < 4.78 is 43.5. The maximum Gasteiger partial charge on any atom is 0.433 e. The molecule has 3 atom stereocenters. The Hall–Kier alpha value is -1.37. The Labute approximate surface area is 114 Å². The number of alkyl halides is 3. The highest BCUT2D eigenvalue weighted by molar-refractivity contribution is 5.28. The van der Waals surface area contributed by atoms with E-state index in [1.165, 1.54) is 0 Å². The molecule has 0 amide bonds. The van der Waals surface area contributed by atoms with Crippen molar-refractivity contribution in [2.24, 2.45) is 5.92 Å². The third kappa shape index (κ3) is 2.72. The van der Waals surface area contributed by atoms with E-state index in [0.717, 1.165) is 44.6 Å². The molecule has 1 saturated heterocycles. The summed E-state index contributed by atoms with van der Waals surface area (Å²) in [5, 5.41) is 3.06. The van der Waals surface area contributed by atoms with Gasteiger partial charge in [0, 0.05) is 24.8 Å². The smallest absolute Gasteiger partial charge is 0.378 e. The molecule has 1 aromatic rings. The molecule has 0 radical (unpaired) electrons. The number of fused-ring (bicyclic) bond motifs is 1. The van der Waals surface area contributed by atoms with Crippen molar-refractivity contribution in [2.45, 2.75) is 44.0 Å². The molecule has 1 aliphatic carbocycles. The second-order valence-electron chi connectivity index (χ2n) is 5.31. The summed E-state index contributed by atoms with van der Waals surface area (Å²) in [6.45, 7) is 0.733. The van der Waals surface area contributed by atoms with Gasteiger partial charge in [-0.05, 0) is 31.7 Å². The van der Waals surface area contributed by atoms with Crippen LogP contribution in [0.5, 0.6) is 0 Å². The average Bonchev–Trinajstić information content (AvgIpc) is 2.87. The first kappa shape index (κ1) is 13.6. The van der Waals surface area contributed by atoms with Crippen LogP contribution in [0.2, 0.25) is 0 Å². The third-order valence-electron chi connectivity index (χ3n) is 4.04. The van der Waals surface area contributed by atoms with Crippen molar-refractivity contribution in [2.75, 3.05) is 11.9 Å². The van der Waals surface area contributed by atoms with Crippen molar-refractivity contribution in [1.29, 1.82) is 0 Å². The van der Waals surface area contributed by atoms with Crippen LogP contribution in [0.4, 0.5) is 19.1 Å². The van der Waals surface area contributed by atoms with Gasteiger partial charge in [-0.2, -0.15) is 13.2 Å². The van der Waals surface area contributed by atoms with E-state index in [2.05, 4.69) is 15.3 Å². The van der Waals surface area contributed by atoms with E-state index >= 15 is 0 Å². The molecule has 0 bridgehead atoms. The normalized spacial score (nSPS) is 30.1. The first-order valence-corrected chi connectivity index (χ1v) is 6.82. The Balaban J connectivity index is 1.74. The summed E-state index contributed by atoms with van der Waals surface area (Å²) in [6, 6.07) is 0.979. The van der Waals surface area contributed by atoms with Crippen LogP contribution in [-0.4, -0.2) is 28.7 Å². The zero-order chi connectivity index (χ0) is 14.2. The molecule has 1 N–H and O–H groups in total. The second kappa shape index (κ2) is 5.20. The van der Waals surface area contributed by atoms with Gasteiger partial charge in [0.05, 0.1) is 6.10 Å². The number of ether oxygens (including phenoxy) is 1. The SMILES string of the molecule is FC(F)(F)c1ccnc(N[C@@H]2CCC[C@@H]3OCC[C@@H]32)n1. The molecule has 4 nitrogen and oxygen atoms in total. The highest BCUT2D eigenvalue weighted by atomic mass is 19.4. The molecule has 0 aromatic carbocycles. The lowest BCUT2D eigenvalue weighted by Gasteiger charge is -2.33. The topological polar surface area (TPSA) is 47.0 Å². The molecule has 0 spiro atoms. The highest BCUT2D eigenvalue weighted by Crippen LogP contribution is 2.36. The first-order chi connectivity index (χ1) is 9.54. The van der Waals surface area contributed by atoms with E-state index in [4.69, 9.17) is 4.74 Å². The molecule has 110 valence electrons. The van der Waals surface area contributed by atoms with Gasteiger partial charge in [0.25, 0.3) is 0 Å². The van der Waals surface area contributed by atoms with Gasteiger partial charge in [-0.15, -0.1) is 0 Å². The quantitative estimate of drug-likeness (QED) is 0.908. The zero-order valence-corrected chi connectivity index (χ0v) is 10.9. The molecule has 1 aliphatic heterocycles. The summed E-state index contributed by atoms with van der Waals surface area (Å²) in [7, 11) is 0. The second-order valence-corrected chi connectivity index (χ2v) is 5.31. The maximum absolute atomic E-state index is 12.6. The fourth-order valence-electron chi connectivity index (χ4n) is 3.11. The zero-order valence-electron chi connectivity index (χ0n) is 10.9. The van der Waals surface area contributed by atoms with Crippen molar-refractivity contribution >= 4 is 5.95 Å². The number of hydrogen-bond acceptors (Lipinski definition) is 4. The fourth-order valence-corrected chi connectivity index (χ4v) is 3.11. The van der Waals surface area contributed by atoms with Crippen LogP contribution >= 0.6 is 0 Å². The monoisotopic (exact) mass is 287 g/mol. The molecular formula is C13H16F3N3O. The Morgan fingerprint density at radius 3 is 2.90 bits per heavy atom. The van der Waals surface area contributed by atoms with E-state index in [9.17, 15) is 13.2 Å². The summed E-state index contributed by atoms with van der Waals surface area (Å²) in [5.74, 6) is 0.402. The molecule has 0 unspecified atom stereocenters. The summed E-state index contributed by atoms with van der Waals surface area (Å²) in [4.78, 5) is 7.46. The van der Waals surface area contributed by atoms with E-state index in [-0.39, 0.29) is 18.1 Å². The van der Waals surface area contributed by atoms with Crippen molar-refractivity contribution in [1.82, 2.24) is 9.97 Å². The minimum Gasteiger partial charge on any atom is -0.378 e. The number of rotatable bonds is 2. The fraction of sp³-hybridized carbons (Fsp3) is 0.692. The molecule has 7 heteroatoms. The summed E-state index contributed by atoms with van der Waals surface area (Å²) in [5.41, 5.74) is -0.912. The molecule has 3 rings (SSSR count). The predicted molar refractivity (Wildman–Crippen MR) is 66.1 cm³/mol. The largest absolute Gasteiger partial charge is 0.433 e. The Morgan fingerprint density at radius 2 is 2.10 bits per heavy atom. The lowest BCUT2D eigenvalue weighted by Crippen LogP contribution is -2.38. The van der Waals surface area contributed by atoms with Gasteiger partial charge < -0.3 is 10.1 Å². The number of halogens is 3. The Bertz CT molecular complexity index is 480. The van der Waals surface area contributed by atoms with E-state index in [0.29, 0.717) is 5.92 Å². The van der Waals surface area contributed by atoms with Crippen molar-refractivity contribution in [3.05, 3.63) is 18.0 Å². The lowest BCUT2D eigenvalue weighted by atomic mass is 9.82. The van der Waals surface area contributed by atoms with Gasteiger partial charge in [0.1, 0.15) is 5.69 Å². The van der Waals surface area contributed by atoms with Gasteiger partial charge in [0.15, 0.2) is 0 Å². The summed E-state index contributed by atoms with van der Waals surface area (Å²) in [6.07, 6.45) is 0.844. The lowest BCUT2D eigenvalue weighted by molar-refractivity contribution is -0.141. The molecular weight excluding hydrogens is 271 g/mol. The van der Waals surface area contributed by atoms with E-state index in [1.807, 2.05) is 0 Å². The third-order valence-corrected chi connectivity index (χ3v) is 4.04. The van der Waals surface area contributed by atoms with Crippen LogP contribution in [0.15, 0.2) is 12.3 Å². The van der Waals surface area contributed by atoms with Gasteiger partial charge >= 0.3 is 6.18 Å². The highest BCUT2D eigenvalue weighted by Gasteiger charge is 2.38. The molecule has 1 saturated carbocycles. The van der Waals surface area contributed by atoms with Crippen LogP contribution in [0.1, 0.15) is 31.4 Å². The minimum atomic E-state index is -4.44. The maximum atomic E-state index is 12.6. The minimum absolute atomic E-state index is 0.0531. The van der Waals surface area contributed by atoms with E-state index < -0.39 is 11.9 Å². The van der Waals surface area contributed by atoms with Gasteiger partial charge in [-0.3, -0.25) is 0 Å². The van der Waals surface area contributed by atoms with Crippen molar-refractivity contribution in [3.63, 3.8) is 0 Å². The predicted octanol–water partition coefficient (Wildman–Crippen LogP) is 2.86. The van der Waals surface area contributed by atoms with Crippen LogP contribution in [0.3, 0.4) is 0 Å². The molecule has 2 heterocycles. The number of nitrogens with zero attached hydrogens (tertiary/aromatic N) is 2. The Morgan fingerprint density at radius 1 is 1.25 bits per heavy atom. The number of aromatic nitrogens is 2. The van der Waals surface area contributed by atoms with Gasteiger partial charge in [0.2, 0.25) is 5.95 Å². The number of hydrogen-bond donors (Lipinski definition) is 1. The van der Waals surface area contributed by atoms with E-state index in [1.54, 1.807) is 0 Å². The molecule has 20 heavy (non-hydrogen) atoms. The Kier molecular flexibility index (Phi) is 3.54. The average molecular weight is 287 g/mol. The van der Waals surface area contributed by atoms with Gasteiger partial charge in [-0.1, -0.05) is 0 Å². The van der Waals surface area contributed by atoms with Crippen LogP contribution in [0.25, 0.3) is 0 Å². The standard InChI is InChI=1S/C13H16F3N3O/c14-13(15,16)11-4-6-17-12(19-11)18-9-2-1-3-10-8(9)5-7-20-10/h4,6,8-10H,1-3,5,7H2,(H,17,18,19)/t8-,9-,10+/m1/s1. The van der Waals surface area contributed by atoms with Gasteiger partial charge in [-0.25, -0.2) is 9.97 Å². The number of anilines is 1. The molecule has 1 aromatic heterocycles.